The van der Waals surface area contributed by atoms with Crippen LogP contribution >= 0.6 is 11.8 Å². The fraction of sp³-hybridized carbons (Fsp3) is 0.576. The number of primary amides is 1. The van der Waals surface area contributed by atoms with E-state index in [2.05, 4.69) is 0 Å². The Labute approximate surface area is 291 Å². The zero-order chi connectivity index (χ0) is 34.7. The van der Waals surface area contributed by atoms with E-state index in [1.54, 1.807) is 11.8 Å². The molecule has 1 aliphatic heterocycles. The predicted octanol–water partition coefficient (Wildman–Crippen LogP) is 2.10. The summed E-state index contributed by atoms with van der Waals surface area (Å²) in [5.74, 6) is -0.283. The molecule has 0 bridgehead atoms. The third-order valence-electron chi connectivity index (χ3n) is 8.17. The van der Waals surface area contributed by atoms with Crippen molar-refractivity contribution < 1.29 is 57.8 Å². The average molecular weight is 811 g/mol. The zero-order valence-electron chi connectivity index (χ0n) is 27.2. The summed E-state index contributed by atoms with van der Waals surface area (Å²) in [6.45, 7) is 5.78. The first kappa shape index (κ1) is 39.4. The summed E-state index contributed by atoms with van der Waals surface area (Å²) in [7, 11) is -3.50. The van der Waals surface area contributed by atoms with E-state index in [0.717, 1.165) is 53.5 Å². The van der Waals surface area contributed by atoms with Crippen molar-refractivity contribution in [2.75, 3.05) is 21.8 Å². The van der Waals surface area contributed by atoms with Crippen LogP contribution in [0.1, 0.15) is 74.6 Å². The van der Waals surface area contributed by atoms with E-state index in [4.69, 9.17) is 16.2 Å². The Balaban J connectivity index is 1.88. The molecule has 1 fully saturated rings. The van der Waals surface area contributed by atoms with Crippen LogP contribution in [-0.2, 0) is 34.0 Å². The minimum atomic E-state index is -3.50. The van der Waals surface area contributed by atoms with Gasteiger partial charge in [-0.1, -0.05) is 0 Å². The van der Waals surface area contributed by atoms with E-state index in [1.807, 2.05) is 39.0 Å². The number of carbonyl (C=O) groups excluding carboxylic acids is 2. The van der Waals surface area contributed by atoms with Gasteiger partial charge in [-0.3, -0.25) is 0 Å². The molecule has 1 unspecified atom stereocenters. The average Bonchev–Trinajstić information content (AvgIpc) is 3.46. The van der Waals surface area contributed by atoms with Gasteiger partial charge in [0.05, 0.1) is 0 Å². The molecule has 0 aliphatic carbocycles. The molecule has 3 rings (SSSR count). The van der Waals surface area contributed by atoms with Crippen molar-refractivity contribution in [2.45, 2.75) is 95.3 Å². The minimum absolute atomic E-state index is 0.0346. The maximum atomic E-state index is 13.8. The SMILES string of the molecule is CCCC(CCC)S(=O)(=O)C[I-]C(=O)N(Cc1cc(CC)cc(C2CSC[C@@H]2OC(N)=O)c1)C[C@@H](O)[C@@H](N)Cc1cc(F)cc(F)c1. The van der Waals surface area contributed by atoms with Gasteiger partial charge in [0, 0.05) is 0 Å². The molecule has 5 N–H and O–H groups in total. The second kappa shape index (κ2) is 18.7. The maximum absolute atomic E-state index is 13.8. The third kappa shape index (κ3) is 12.1. The summed E-state index contributed by atoms with van der Waals surface area (Å²) in [5, 5.41) is 10.6. The number of halogens is 3. The first-order valence-corrected chi connectivity index (χ1v) is 21.4. The molecule has 0 saturated carbocycles. The number of hydrogen-bond donors (Lipinski definition) is 3. The Morgan fingerprint density at radius 1 is 1.02 bits per heavy atom. The Morgan fingerprint density at radius 2 is 1.66 bits per heavy atom. The van der Waals surface area contributed by atoms with Gasteiger partial charge >= 0.3 is 293 Å². The number of hydrogen-bond acceptors (Lipinski definition) is 8. The van der Waals surface area contributed by atoms with Crippen LogP contribution < -0.4 is 32.7 Å². The molecule has 2 aromatic carbocycles. The van der Waals surface area contributed by atoms with Crippen LogP contribution in [0, 0.1) is 11.6 Å². The monoisotopic (exact) mass is 810 g/mol. The number of aliphatic hydroxyl groups excluding tert-OH is 1. The molecule has 2 aromatic rings. The summed E-state index contributed by atoms with van der Waals surface area (Å²) in [6.07, 6.45) is 0.714. The van der Waals surface area contributed by atoms with Crippen molar-refractivity contribution >= 4 is 31.6 Å². The number of aliphatic hydroxyl groups is 1. The second-order valence-corrected chi connectivity index (χ2v) is 18.8. The van der Waals surface area contributed by atoms with Gasteiger partial charge < -0.3 is 0 Å². The van der Waals surface area contributed by atoms with Crippen molar-refractivity contribution in [1.82, 2.24) is 4.90 Å². The van der Waals surface area contributed by atoms with Gasteiger partial charge in [-0.2, -0.15) is 0 Å². The van der Waals surface area contributed by atoms with Crippen molar-refractivity contribution in [3.63, 3.8) is 0 Å². The number of thioether (sulfide) groups is 1. The van der Waals surface area contributed by atoms with Crippen molar-refractivity contribution in [1.29, 1.82) is 0 Å². The molecular formula is C33H47F2IN3O6S2-. The molecule has 4 atom stereocenters. The number of aryl methyl sites for hydroxylation is 1. The van der Waals surface area contributed by atoms with Crippen LogP contribution in [0.3, 0.4) is 0 Å². The summed E-state index contributed by atoms with van der Waals surface area (Å²) < 4.78 is 58.9. The normalized spacial score (nSPS) is 18.0. The van der Waals surface area contributed by atoms with Crippen molar-refractivity contribution in [3.05, 3.63) is 70.3 Å². The van der Waals surface area contributed by atoms with E-state index < -0.39 is 72.3 Å². The Bertz CT molecular complexity index is 1440. The molecule has 264 valence electrons. The van der Waals surface area contributed by atoms with E-state index in [-0.39, 0.29) is 38.7 Å². The number of amides is 2. The van der Waals surface area contributed by atoms with Gasteiger partial charge in [0.2, 0.25) is 0 Å². The first-order chi connectivity index (χ1) is 22.3. The van der Waals surface area contributed by atoms with E-state index in [1.165, 1.54) is 4.90 Å². The van der Waals surface area contributed by atoms with Crippen LogP contribution in [0.15, 0.2) is 36.4 Å². The van der Waals surface area contributed by atoms with Gasteiger partial charge in [-0.15, -0.1) is 0 Å². The number of sulfone groups is 1. The fourth-order valence-corrected chi connectivity index (χ4v) is 13.2. The Morgan fingerprint density at radius 3 is 2.26 bits per heavy atom. The molecule has 1 aliphatic rings. The number of ether oxygens (including phenoxy) is 1. The van der Waals surface area contributed by atoms with Crippen LogP contribution in [0.4, 0.5) is 18.4 Å². The van der Waals surface area contributed by atoms with Crippen LogP contribution in [-0.4, -0.2) is 73.7 Å². The topological polar surface area (TPSA) is 153 Å². The molecule has 0 aromatic heterocycles. The van der Waals surface area contributed by atoms with Crippen molar-refractivity contribution in [2.24, 2.45) is 11.5 Å². The molecule has 9 nitrogen and oxygen atoms in total. The molecular weight excluding hydrogens is 763 g/mol. The Hall–Kier alpha value is -2.01. The van der Waals surface area contributed by atoms with Gasteiger partial charge in [0.25, 0.3) is 0 Å². The van der Waals surface area contributed by atoms with E-state index in [9.17, 15) is 31.9 Å². The predicted molar refractivity (Wildman–Crippen MR) is 178 cm³/mol. The molecule has 0 radical (unpaired) electrons. The number of nitrogens with two attached hydrogens (primary N) is 2. The summed E-state index contributed by atoms with van der Waals surface area (Å²) in [5.41, 5.74) is 14.6. The molecule has 47 heavy (non-hydrogen) atoms. The third-order valence-corrected chi connectivity index (χ3v) is 16.1. The van der Waals surface area contributed by atoms with Crippen molar-refractivity contribution in [3.8, 4) is 0 Å². The van der Waals surface area contributed by atoms with Gasteiger partial charge in [0.1, 0.15) is 0 Å². The van der Waals surface area contributed by atoms with E-state index >= 15 is 0 Å². The van der Waals surface area contributed by atoms with Gasteiger partial charge in [-0.25, -0.2) is 0 Å². The zero-order valence-corrected chi connectivity index (χ0v) is 31.0. The molecule has 1 saturated heterocycles. The molecule has 14 heteroatoms. The number of rotatable bonds is 18. The standard InChI is InChI=1S/C33H47F2IN3O6S2/c1-4-7-27(8-5-2)47(43,44)20-36-32(41)39(17-30(40)29(37)14-22-12-25(34)15-26(35)13-22)16-23-9-21(6-3)10-24(11-23)28-18-46-19-31(28)45-33(38)42/h9-13,15,27-31,40H,4-8,14,16-20,37H2,1-3H3,(H2,38,42)/q-1/t28?,29-,30+,31-/m0/s1. The van der Waals surface area contributed by atoms with Gasteiger partial charge in [0.15, 0.2) is 0 Å². The summed E-state index contributed by atoms with van der Waals surface area (Å²) >= 11 is 0.148. The number of carbonyl (C=O) groups is 2. The molecule has 1 heterocycles. The second-order valence-electron chi connectivity index (χ2n) is 12.0. The summed E-state index contributed by atoms with van der Waals surface area (Å²) in [6, 6.07) is 8.05. The summed E-state index contributed by atoms with van der Waals surface area (Å²) in [4.78, 5) is 26.8. The quantitative estimate of drug-likeness (QED) is 0.0897. The fourth-order valence-electron chi connectivity index (χ4n) is 5.77. The number of nitrogens with zero attached hydrogens (tertiary/aromatic N) is 1. The number of benzene rings is 2. The molecule has 2 amide bonds. The number of alkyl halides is 1. The molecule has 0 spiro atoms. The van der Waals surface area contributed by atoms with E-state index in [0.29, 0.717) is 25.0 Å². The first-order valence-electron chi connectivity index (χ1n) is 15.9. The van der Waals surface area contributed by atoms with Crippen LogP contribution in [0.5, 0.6) is 0 Å². The van der Waals surface area contributed by atoms with Crippen LogP contribution in [0.25, 0.3) is 0 Å². The van der Waals surface area contributed by atoms with Gasteiger partial charge in [-0.05, 0) is 0 Å². The Kier molecular flexibility index (Phi) is 15.7. The van der Waals surface area contributed by atoms with Crippen LogP contribution in [0.2, 0.25) is 0 Å².